The minimum absolute atomic E-state index is 0.114. The lowest BCUT2D eigenvalue weighted by atomic mass is 9.98. The number of amides is 1. The number of rotatable bonds is 8. The Hall–Kier alpha value is -1.90. The fourth-order valence-corrected chi connectivity index (χ4v) is 2.15. The normalized spacial score (nSPS) is 13.2. The summed E-state index contributed by atoms with van der Waals surface area (Å²) in [7, 11) is 3.18. The van der Waals surface area contributed by atoms with Crippen molar-refractivity contribution in [3.63, 3.8) is 0 Å². The van der Waals surface area contributed by atoms with Crippen LogP contribution in [0.15, 0.2) is 30.3 Å². The quantitative estimate of drug-likeness (QED) is 0.732. The molecule has 0 aliphatic heterocycles. The molecule has 0 spiro atoms. The predicted molar refractivity (Wildman–Crippen MR) is 79.7 cm³/mol. The van der Waals surface area contributed by atoms with Crippen molar-refractivity contribution in [2.24, 2.45) is 0 Å². The van der Waals surface area contributed by atoms with Gasteiger partial charge in [-0.05, 0) is 12.5 Å². The molecule has 2 unspecified atom stereocenters. The van der Waals surface area contributed by atoms with Crippen LogP contribution in [0, 0.1) is 11.3 Å². The molecule has 0 aromatic heterocycles. The summed E-state index contributed by atoms with van der Waals surface area (Å²) in [5.41, 5.74) is 0.706. The Bertz CT molecular complexity index is 470. The number of benzene rings is 1. The molecule has 0 heterocycles. The van der Waals surface area contributed by atoms with E-state index in [0.29, 0.717) is 25.3 Å². The minimum atomic E-state index is -0.803. The van der Waals surface area contributed by atoms with Crippen molar-refractivity contribution in [3.8, 4) is 6.07 Å². The fourth-order valence-electron chi connectivity index (χ4n) is 2.15. The molecule has 0 aliphatic rings. The van der Waals surface area contributed by atoms with Gasteiger partial charge in [0.15, 0.2) is 0 Å². The van der Waals surface area contributed by atoms with E-state index in [1.54, 1.807) is 31.3 Å². The Balaban J connectivity index is 2.94. The third-order valence-corrected chi connectivity index (χ3v) is 3.27. The summed E-state index contributed by atoms with van der Waals surface area (Å²) in [5, 5.41) is 9.38. The molecular formula is C16H22N2O3. The molecule has 21 heavy (non-hydrogen) atoms. The summed E-state index contributed by atoms with van der Waals surface area (Å²) in [6, 6.07) is 11.1. The van der Waals surface area contributed by atoms with Crippen LogP contribution in [0.2, 0.25) is 0 Å². The molecular weight excluding hydrogens is 268 g/mol. The Kier molecular flexibility index (Phi) is 7.44. The lowest BCUT2D eigenvalue weighted by Gasteiger charge is -2.30. The monoisotopic (exact) mass is 290 g/mol. The van der Waals surface area contributed by atoms with Crippen LogP contribution in [0.1, 0.15) is 18.4 Å². The molecule has 0 bridgehead atoms. The van der Waals surface area contributed by atoms with Gasteiger partial charge in [0.05, 0.1) is 25.3 Å². The number of carbonyl (C=O) groups excluding carboxylic acids is 1. The number of carbonyl (C=O) groups is 1. The highest BCUT2D eigenvalue weighted by Crippen LogP contribution is 2.19. The van der Waals surface area contributed by atoms with Gasteiger partial charge in [-0.3, -0.25) is 4.79 Å². The largest absolute Gasteiger partial charge is 0.383 e. The SMILES string of the molecule is COCCN(C(=O)C(C#N)c1ccccc1)C(C)COC. The van der Waals surface area contributed by atoms with E-state index in [4.69, 9.17) is 9.47 Å². The summed E-state index contributed by atoms with van der Waals surface area (Å²) in [6.07, 6.45) is 0. The Labute approximate surface area is 126 Å². The number of hydrogen-bond acceptors (Lipinski definition) is 4. The maximum absolute atomic E-state index is 12.7. The van der Waals surface area contributed by atoms with Gasteiger partial charge in [-0.15, -0.1) is 0 Å². The molecule has 0 saturated carbocycles. The van der Waals surface area contributed by atoms with Gasteiger partial charge in [-0.1, -0.05) is 30.3 Å². The molecule has 114 valence electrons. The number of methoxy groups -OCH3 is 2. The average molecular weight is 290 g/mol. The smallest absolute Gasteiger partial charge is 0.244 e. The minimum Gasteiger partial charge on any atom is -0.383 e. The first-order valence-corrected chi connectivity index (χ1v) is 6.88. The molecule has 1 rings (SSSR count). The summed E-state index contributed by atoms with van der Waals surface area (Å²) >= 11 is 0. The number of ether oxygens (including phenoxy) is 2. The molecule has 1 amide bonds. The van der Waals surface area contributed by atoms with Crippen molar-refractivity contribution in [1.29, 1.82) is 5.26 Å². The van der Waals surface area contributed by atoms with Crippen molar-refractivity contribution < 1.29 is 14.3 Å². The van der Waals surface area contributed by atoms with Crippen LogP contribution < -0.4 is 0 Å². The zero-order valence-corrected chi connectivity index (χ0v) is 12.8. The topological polar surface area (TPSA) is 62.6 Å². The van der Waals surface area contributed by atoms with Gasteiger partial charge in [0.25, 0.3) is 0 Å². The summed E-state index contributed by atoms with van der Waals surface area (Å²) in [4.78, 5) is 14.3. The third kappa shape index (κ3) is 4.85. The van der Waals surface area contributed by atoms with Crippen molar-refractivity contribution >= 4 is 5.91 Å². The summed E-state index contributed by atoms with van der Waals surface area (Å²) < 4.78 is 10.2. The van der Waals surface area contributed by atoms with Crippen LogP contribution in [-0.2, 0) is 14.3 Å². The van der Waals surface area contributed by atoms with Gasteiger partial charge >= 0.3 is 0 Å². The number of nitrogens with zero attached hydrogens (tertiary/aromatic N) is 2. The van der Waals surface area contributed by atoms with E-state index < -0.39 is 5.92 Å². The zero-order valence-electron chi connectivity index (χ0n) is 12.8. The van der Waals surface area contributed by atoms with Crippen LogP contribution in [0.4, 0.5) is 0 Å². The number of hydrogen-bond donors (Lipinski definition) is 0. The highest BCUT2D eigenvalue weighted by molar-refractivity contribution is 5.86. The highest BCUT2D eigenvalue weighted by atomic mass is 16.5. The third-order valence-electron chi connectivity index (χ3n) is 3.27. The van der Waals surface area contributed by atoms with Crippen LogP contribution in [0.3, 0.4) is 0 Å². The van der Waals surface area contributed by atoms with Gasteiger partial charge in [0.1, 0.15) is 5.92 Å². The fraction of sp³-hybridized carbons (Fsp3) is 0.500. The average Bonchev–Trinajstić information content (AvgIpc) is 2.50. The maximum atomic E-state index is 12.7. The predicted octanol–water partition coefficient (Wildman–Crippen LogP) is 1.80. The van der Waals surface area contributed by atoms with Gasteiger partial charge in [0, 0.05) is 20.8 Å². The van der Waals surface area contributed by atoms with E-state index in [9.17, 15) is 10.1 Å². The molecule has 0 radical (unpaired) electrons. The van der Waals surface area contributed by atoms with Crippen LogP contribution >= 0.6 is 0 Å². The van der Waals surface area contributed by atoms with Crippen molar-refractivity contribution in [2.45, 2.75) is 18.9 Å². The van der Waals surface area contributed by atoms with E-state index in [0.717, 1.165) is 0 Å². The van der Waals surface area contributed by atoms with Crippen LogP contribution in [-0.4, -0.2) is 50.8 Å². The molecule has 0 saturated heterocycles. The van der Waals surface area contributed by atoms with E-state index in [1.807, 2.05) is 25.1 Å². The molecule has 1 aromatic carbocycles. The van der Waals surface area contributed by atoms with Gasteiger partial charge < -0.3 is 14.4 Å². The lowest BCUT2D eigenvalue weighted by molar-refractivity contribution is -0.135. The first-order valence-electron chi connectivity index (χ1n) is 6.88. The van der Waals surface area contributed by atoms with Crippen molar-refractivity contribution in [2.75, 3.05) is 34.0 Å². The standard InChI is InChI=1S/C16H22N2O3/c1-13(12-21-3)18(9-10-20-2)16(19)15(11-17)14-7-5-4-6-8-14/h4-8,13,15H,9-10,12H2,1-3H3. The second kappa shape index (κ2) is 9.11. The Morgan fingerprint density at radius 2 is 1.95 bits per heavy atom. The summed E-state index contributed by atoms with van der Waals surface area (Å²) in [5.74, 6) is -1.02. The first kappa shape index (κ1) is 17.2. The molecule has 5 heteroatoms. The molecule has 0 fully saturated rings. The highest BCUT2D eigenvalue weighted by Gasteiger charge is 2.28. The van der Waals surface area contributed by atoms with Crippen molar-refractivity contribution in [1.82, 2.24) is 4.90 Å². The van der Waals surface area contributed by atoms with E-state index in [1.165, 1.54) is 0 Å². The second-order valence-corrected chi connectivity index (χ2v) is 4.80. The van der Waals surface area contributed by atoms with Crippen LogP contribution in [0.5, 0.6) is 0 Å². The second-order valence-electron chi connectivity index (χ2n) is 4.80. The Morgan fingerprint density at radius 3 is 2.48 bits per heavy atom. The van der Waals surface area contributed by atoms with Crippen LogP contribution in [0.25, 0.3) is 0 Å². The lowest BCUT2D eigenvalue weighted by Crippen LogP contribution is -2.45. The molecule has 5 nitrogen and oxygen atoms in total. The van der Waals surface area contributed by atoms with E-state index in [2.05, 4.69) is 6.07 Å². The van der Waals surface area contributed by atoms with Gasteiger partial charge in [0.2, 0.25) is 5.91 Å². The maximum Gasteiger partial charge on any atom is 0.244 e. The van der Waals surface area contributed by atoms with Gasteiger partial charge in [-0.25, -0.2) is 0 Å². The van der Waals surface area contributed by atoms with Crippen molar-refractivity contribution in [3.05, 3.63) is 35.9 Å². The first-order chi connectivity index (χ1) is 10.2. The van der Waals surface area contributed by atoms with Gasteiger partial charge in [-0.2, -0.15) is 5.26 Å². The molecule has 0 aliphatic carbocycles. The number of nitriles is 1. The van der Waals surface area contributed by atoms with E-state index >= 15 is 0 Å². The summed E-state index contributed by atoms with van der Waals surface area (Å²) in [6.45, 7) is 3.18. The zero-order chi connectivity index (χ0) is 15.7. The molecule has 0 N–H and O–H groups in total. The molecule has 2 atom stereocenters. The molecule has 1 aromatic rings. The Morgan fingerprint density at radius 1 is 1.29 bits per heavy atom. The van der Waals surface area contributed by atoms with E-state index in [-0.39, 0.29) is 11.9 Å².